The van der Waals surface area contributed by atoms with Crippen LogP contribution in [0.5, 0.6) is 0 Å². The van der Waals surface area contributed by atoms with Gasteiger partial charge in [-0.15, -0.1) is 0 Å². The Hall–Kier alpha value is -3.79. The van der Waals surface area contributed by atoms with Crippen LogP contribution in [0.2, 0.25) is 0 Å². The number of pyridine rings is 1. The average Bonchev–Trinajstić information content (AvgIpc) is 3.50. The van der Waals surface area contributed by atoms with Crippen LogP contribution in [0.25, 0.3) is 28.2 Å². The molecule has 34 heavy (non-hydrogen) atoms. The van der Waals surface area contributed by atoms with E-state index in [0.717, 1.165) is 36.7 Å². The molecule has 1 aliphatic heterocycles. The Morgan fingerprint density at radius 1 is 1.18 bits per heavy atom. The van der Waals surface area contributed by atoms with Gasteiger partial charge in [0.05, 0.1) is 23.6 Å². The summed E-state index contributed by atoms with van der Waals surface area (Å²) >= 11 is 0. The lowest BCUT2D eigenvalue weighted by molar-refractivity contribution is -0.140. The fourth-order valence-electron chi connectivity index (χ4n) is 4.05. The molecule has 1 fully saturated rings. The lowest BCUT2D eigenvalue weighted by Gasteiger charge is -2.13. The second-order valence-corrected chi connectivity index (χ2v) is 8.21. The molecule has 7 nitrogen and oxygen atoms in total. The van der Waals surface area contributed by atoms with Gasteiger partial charge in [-0.1, -0.05) is 12.1 Å². The summed E-state index contributed by atoms with van der Waals surface area (Å²) in [6.45, 7) is 2.74. The molecule has 1 aliphatic rings. The van der Waals surface area contributed by atoms with E-state index in [1.165, 1.54) is 22.7 Å². The second kappa shape index (κ2) is 8.53. The highest BCUT2D eigenvalue weighted by Gasteiger charge is 2.35. The lowest BCUT2D eigenvalue weighted by atomic mass is 10.1. The first-order chi connectivity index (χ1) is 16.3. The maximum absolute atomic E-state index is 13.4. The van der Waals surface area contributed by atoms with Crippen molar-refractivity contribution in [3.05, 3.63) is 66.1 Å². The van der Waals surface area contributed by atoms with Crippen molar-refractivity contribution < 1.29 is 18.0 Å². The molecule has 0 radical (unpaired) electrons. The maximum atomic E-state index is 13.4. The summed E-state index contributed by atoms with van der Waals surface area (Å²) in [5, 5.41) is 10.5. The molecule has 4 heterocycles. The quantitative estimate of drug-likeness (QED) is 0.464. The number of alkyl halides is 3. The van der Waals surface area contributed by atoms with Gasteiger partial charge in [0.25, 0.3) is 0 Å². The molecule has 0 spiro atoms. The Labute approximate surface area is 193 Å². The van der Waals surface area contributed by atoms with Crippen LogP contribution in [0.15, 0.2) is 54.9 Å². The van der Waals surface area contributed by atoms with Crippen molar-refractivity contribution in [1.82, 2.24) is 24.9 Å². The fraction of sp³-hybridized carbons (Fsp3) is 0.250. The molecule has 0 bridgehead atoms. The Kier molecular flexibility index (Phi) is 5.52. The van der Waals surface area contributed by atoms with E-state index in [-0.39, 0.29) is 23.2 Å². The van der Waals surface area contributed by atoms with Crippen molar-refractivity contribution >= 4 is 17.2 Å². The van der Waals surface area contributed by atoms with Gasteiger partial charge in [0.1, 0.15) is 0 Å². The number of fused-ring (bicyclic) bond motifs is 1. The Balaban J connectivity index is 1.47. The van der Waals surface area contributed by atoms with Crippen molar-refractivity contribution in [3.8, 4) is 22.5 Å². The highest BCUT2D eigenvalue weighted by molar-refractivity contribution is 5.96. The average molecular weight is 466 g/mol. The van der Waals surface area contributed by atoms with E-state index in [2.05, 4.69) is 25.7 Å². The summed E-state index contributed by atoms with van der Waals surface area (Å²) in [6.07, 6.45) is -0.0626. The number of nitrogens with zero attached hydrogens (tertiary/aromatic N) is 4. The molecule has 4 aromatic rings. The van der Waals surface area contributed by atoms with Crippen LogP contribution in [-0.4, -0.2) is 38.1 Å². The number of halogens is 3. The van der Waals surface area contributed by atoms with Crippen molar-refractivity contribution in [2.24, 2.45) is 0 Å². The maximum Gasteiger partial charge on any atom is 0.434 e. The molecule has 0 saturated carbocycles. The molecular weight excluding hydrogens is 445 g/mol. The Bertz CT molecular complexity index is 1370. The molecule has 1 amide bonds. The zero-order valence-electron chi connectivity index (χ0n) is 18.2. The van der Waals surface area contributed by atoms with E-state index in [1.54, 1.807) is 12.3 Å². The highest BCUT2D eigenvalue weighted by atomic mass is 19.4. The summed E-state index contributed by atoms with van der Waals surface area (Å²) in [5.74, 6) is -0.0731. The van der Waals surface area contributed by atoms with Gasteiger partial charge in [-0.05, 0) is 62.2 Å². The molecule has 10 heteroatoms. The van der Waals surface area contributed by atoms with Gasteiger partial charge in [0.15, 0.2) is 11.3 Å². The smallest absolute Gasteiger partial charge is 0.324 e. The summed E-state index contributed by atoms with van der Waals surface area (Å²) in [6, 6.07) is 11.3. The largest absolute Gasteiger partial charge is 0.434 e. The molecule has 1 atom stereocenters. The van der Waals surface area contributed by atoms with E-state index in [4.69, 9.17) is 0 Å². The van der Waals surface area contributed by atoms with Crippen LogP contribution in [0.1, 0.15) is 24.1 Å². The fourth-order valence-corrected chi connectivity index (χ4v) is 4.05. The first-order valence-electron chi connectivity index (χ1n) is 10.8. The number of imidazole rings is 1. The molecule has 1 saturated heterocycles. The number of hydrogen-bond acceptors (Lipinski definition) is 5. The van der Waals surface area contributed by atoms with Crippen LogP contribution in [0.3, 0.4) is 0 Å². The molecule has 2 N–H and O–H groups in total. The summed E-state index contributed by atoms with van der Waals surface area (Å²) < 4.78 is 41.6. The Morgan fingerprint density at radius 3 is 2.79 bits per heavy atom. The van der Waals surface area contributed by atoms with E-state index in [1.807, 2.05) is 25.1 Å². The van der Waals surface area contributed by atoms with Gasteiger partial charge < -0.3 is 10.6 Å². The molecule has 1 unspecified atom stereocenters. The minimum absolute atomic E-state index is 0.0731. The van der Waals surface area contributed by atoms with Gasteiger partial charge >= 0.3 is 6.18 Å². The van der Waals surface area contributed by atoms with E-state index >= 15 is 0 Å². The third kappa shape index (κ3) is 4.24. The number of aryl methyl sites for hydroxylation is 1. The highest BCUT2D eigenvalue weighted by Crippen LogP contribution is 2.34. The van der Waals surface area contributed by atoms with E-state index in [0.29, 0.717) is 17.0 Å². The molecule has 3 aromatic heterocycles. The van der Waals surface area contributed by atoms with Gasteiger partial charge in [-0.2, -0.15) is 18.3 Å². The van der Waals surface area contributed by atoms with Gasteiger partial charge in [0.2, 0.25) is 5.91 Å². The van der Waals surface area contributed by atoms with Gasteiger partial charge in [-0.25, -0.2) is 9.50 Å². The van der Waals surface area contributed by atoms with Gasteiger partial charge in [0, 0.05) is 23.0 Å². The topological polar surface area (TPSA) is 84.2 Å². The molecular formula is C24H21F3N6O. The van der Waals surface area contributed by atoms with Crippen molar-refractivity contribution in [2.75, 3.05) is 11.9 Å². The number of aromatic nitrogens is 4. The third-order valence-electron chi connectivity index (χ3n) is 5.84. The third-order valence-corrected chi connectivity index (χ3v) is 5.84. The summed E-state index contributed by atoms with van der Waals surface area (Å²) in [4.78, 5) is 20.6. The van der Waals surface area contributed by atoms with E-state index in [9.17, 15) is 18.0 Å². The number of rotatable bonds is 4. The minimum atomic E-state index is -4.59. The Morgan fingerprint density at radius 2 is 2.03 bits per heavy atom. The number of amides is 1. The first-order valence-corrected chi connectivity index (χ1v) is 10.8. The SMILES string of the molecule is Cc1ccc(-c2cn3nc(-c4cccnc4C(F)(F)F)ccc3n2)cc1NC(=O)C1CCCN1. The number of benzene rings is 1. The zero-order valence-corrected chi connectivity index (χ0v) is 18.2. The number of hydrogen-bond donors (Lipinski definition) is 2. The monoisotopic (exact) mass is 466 g/mol. The number of nitrogens with one attached hydrogen (secondary N) is 2. The second-order valence-electron chi connectivity index (χ2n) is 8.21. The molecule has 1 aromatic carbocycles. The standard InChI is InChI=1S/C24H21F3N6O/c1-14-6-7-15(12-19(14)31-23(34)18-5-3-10-28-18)20-13-33-21(30-20)9-8-17(32-33)16-4-2-11-29-22(16)24(25,26)27/h2,4,6-9,11-13,18,28H,3,5,10H2,1H3,(H,31,34). The van der Waals surface area contributed by atoms with Crippen LogP contribution in [0.4, 0.5) is 18.9 Å². The predicted molar refractivity (Wildman–Crippen MR) is 121 cm³/mol. The minimum Gasteiger partial charge on any atom is -0.324 e. The van der Waals surface area contributed by atoms with Crippen molar-refractivity contribution in [2.45, 2.75) is 32.0 Å². The summed E-state index contributed by atoms with van der Waals surface area (Å²) in [7, 11) is 0. The molecule has 0 aliphatic carbocycles. The number of carbonyl (C=O) groups excluding carboxylic acids is 1. The lowest BCUT2D eigenvalue weighted by Crippen LogP contribution is -2.35. The van der Waals surface area contributed by atoms with Crippen molar-refractivity contribution in [1.29, 1.82) is 0 Å². The zero-order chi connectivity index (χ0) is 23.9. The summed E-state index contributed by atoms with van der Waals surface area (Å²) in [5.41, 5.74) is 2.47. The van der Waals surface area contributed by atoms with Gasteiger partial charge in [-0.3, -0.25) is 9.78 Å². The molecule has 5 rings (SSSR count). The van der Waals surface area contributed by atoms with Crippen molar-refractivity contribution in [3.63, 3.8) is 0 Å². The molecule has 174 valence electrons. The first kappa shape index (κ1) is 22.0. The predicted octanol–water partition coefficient (Wildman–Crippen LogP) is 4.48. The van der Waals surface area contributed by atoms with Crippen LogP contribution in [0, 0.1) is 6.92 Å². The normalized spacial score (nSPS) is 16.2. The van der Waals surface area contributed by atoms with Crippen LogP contribution in [-0.2, 0) is 11.0 Å². The van der Waals surface area contributed by atoms with Crippen LogP contribution < -0.4 is 10.6 Å². The number of anilines is 1. The number of carbonyl (C=O) groups is 1. The van der Waals surface area contributed by atoms with Crippen LogP contribution >= 0.6 is 0 Å². The van der Waals surface area contributed by atoms with E-state index < -0.39 is 11.9 Å².